The molecule has 2 heteroatoms. The van der Waals surface area contributed by atoms with Crippen LogP contribution >= 0.6 is 0 Å². The van der Waals surface area contributed by atoms with Crippen molar-refractivity contribution in [2.24, 2.45) is 0 Å². The molecule has 1 aliphatic carbocycles. The van der Waals surface area contributed by atoms with Crippen molar-refractivity contribution in [1.82, 2.24) is 5.32 Å². The monoisotopic (exact) mass is 289 g/mol. The Kier molecular flexibility index (Phi) is 7.83. The van der Waals surface area contributed by atoms with Crippen LogP contribution in [0, 0.1) is 0 Å². The summed E-state index contributed by atoms with van der Waals surface area (Å²) in [5, 5.41) is 3.69. The van der Waals surface area contributed by atoms with E-state index in [1.807, 2.05) is 0 Å². The average molecular weight is 289 g/mol. The Morgan fingerprint density at radius 2 is 1.90 bits per heavy atom. The molecule has 1 N–H and O–H groups in total. The van der Waals surface area contributed by atoms with Gasteiger partial charge in [-0.25, -0.2) is 0 Å². The van der Waals surface area contributed by atoms with E-state index in [1.54, 1.807) is 0 Å². The molecule has 1 unspecified atom stereocenters. The summed E-state index contributed by atoms with van der Waals surface area (Å²) in [5.41, 5.74) is 1.41. The lowest BCUT2D eigenvalue weighted by Crippen LogP contribution is -2.26. The molecule has 0 amide bonds. The lowest BCUT2D eigenvalue weighted by molar-refractivity contribution is 0.0589. The smallest absolute Gasteiger partial charge is 0.0594 e. The third-order valence-electron chi connectivity index (χ3n) is 4.45. The number of nitrogens with one attached hydrogen (secondary N) is 1. The molecular formula is C19H31NO. The van der Waals surface area contributed by atoms with Crippen molar-refractivity contribution in [3.8, 4) is 0 Å². The largest absolute Gasteiger partial charge is 0.377 e. The molecule has 118 valence electrons. The molecule has 1 saturated carbocycles. The summed E-state index contributed by atoms with van der Waals surface area (Å²) in [6.45, 7) is 4.07. The summed E-state index contributed by atoms with van der Waals surface area (Å²) in [4.78, 5) is 0. The molecule has 0 heterocycles. The number of unbranched alkanes of at least 4 members (excludes halogenated alkanes) is 2. The van der Waals surface area contributed by atoms with Crippen LogP contribution in [0.15, 0.2) is 30.3 Å². The van der Waals surface area contributed by atoms with E-state index >= 15 is 0 Å². The molecule has 1 fully saturated rings. The Morgan fingerprint density at radius 1 is 1.14 bits per heavy atom. The van der Waals surface area contributed by atoms with E-state index in [2.05, 4.69) is 42.6 Å². The zero-order chi connectivity index (χ0) is 14.8. The van der Waals surface area contributed by atoms with E-state index in [0.717, 1.165) is 13.2 Å². The van der Waals surface area contributed by atoms with Gasteiger partial charge in [0.15, 0.2) is 0 Å². The highest BCUT2D eigenvalue weighted by Gasteiger charge is 2.15. The molecule has 1 aromatic rings. The number of rotatable bonds is 10. The number of ether oxygens (including phenoxy) is 1. The molecule has 2 rings (SSSR count). The van der Waals surface area contributed by atoms with Crippen molar-refractivity contribution in [2.45, 2.75) is 70.4 Å². The van der Waals surface area contributed by atoms with Gasteiger partial charge in [0.05, 0.1) is 12.7 Å². The molecule has 21 heavy (non-hydrogen) atoms. The van der Waals surface area contributed by atoms with Gasteiger partial charge in [0.25, 0.3) is 0 Å². The van der Waals surface area contributed by atoms with Crippen LogP contribution in [0.2, 0.25) is 0 Å². The van der Waals surface area contributed by atoms with E-state index in [4.69, 9.17) is 4.74 Å². The van der Waals surface area contributed by atoms with Crippen molar-refractivity contribution in [3.05, 3.63) is 35.9 Å². The molecule has 0 aromatic heterocycles. The summed E-state index contributed by atoms with van der Waals surface area (Å²) in [5.74, 6) is 0. The molecule has 0 saturated heterocycles. The summed E-state index contributed by atoms with van der Waals surface area (Å²) in [6.07, 6.45) is 10.9. The van der Waals surface area contributed by atoms with E-state index in [1.165, 1.54) is 56.9 Å². The minimum Gasteiger partial charge on any atom is -0.377 e. The standard InChI is InChI=1S/C19H31NO/c1-2-3-5-14-19(17-10-6-4-7-11-17)20-15-16-21-18-12-8-9-13-18/h4,6-7,10-11,18-20H,2-3,5,8-9,12-16H2,1H3. The fourth-order valence-corrected chi connectivity index (χ4v) is 3.18. The number of benzene rings is 1. The lowest BCUT2D eigenvalue weighted by atomic mass is 10.0. The highest BCUT2D eigenvalue weighted by atomic mass is 16.5. The maximum absolute atomic E-state index is 5.95. The van der Waals surface area contributed by atoms with Gasteiger partial charge in [0.2, 0.25) is 0 Å². The van der Waals surface area contributed by atoms with Gasteiger partial charge in [-0.2, -0.15) is 0 Å². The Labute approximate surface area is 130 Å². The van der Waals surface area contributed by atoms with Crippen LogP contribution in [-0.4, -0.2) is 19.3 Å². The van der Waals surface area contributed by atoms with Gasteiger partial charge in [-0.05, 0) is 24.8 Å². The van der Waals surface area contributed by atoms with E-state index in [-0.39, 0.29) is 0 Å². The molecule has 1 aliphatic rings. The first kappa shape index (κ1) is 16.5. The minimum absolute atomic E-state index is 0.477. The lowest BCUT2D eigenvalue weighted by Gasteiger charge is -2.20. The highest BCUT2D eigenvalue weighted by Crippen LogP contribution is 2.21. The Hall–Kier alpha value is -0.860. The summed E-state index contributed by atoms with van der Waals surface area (Å²) >= 11 is 0. The summed E-state index contributed by atoms with van der Waals surface area (Å²) < 4.78 is 5.95. The average Bonchev–Trinajstić information content (AvgIpc) is 3.04. The van der Waals surface area contributed by atoms with Gasteiger partial charge < -0.3 is 10.1 Å². The molecule has 2 nitrogen and oxygen atoms in total. The normalized spacial score (nSPS) is 17.2. The fourth-order valence-electron chi connectivity index (χ4n) is 3.18. The van der Waals surface area contributed by atoms with E-state index < -0.39 is 0 Å². The topological polar surface area (TPSA) is 21.3 Å². The van der Waals surface area contributed by atoms with Crippen LogP contribution in [0.5, 0.6) is 0 Å². The van der Waals surface area contributed by atoms with Gasteiger partial charge in [-0.3, -0.25) is 0 Å². The Balaban J connectivity index is 1.72. The van der Waals surface area contributed by atoms with Crippen molar-refractivity contribution >= 4 is 0 Å². The first-order chi connectivity index (χ1) is 10.4. The molecule has 0 aliphatic heterocycles. The van der Waals surface area contributed by atoms with Crippen LogP contribution in [0.25, 0.3) is 0 Å². The van der Waals surface area contributed by atoms with Gasteiger partial charge in [-0.1, -0.05) is 69.4 Å². The van der Waals surface area contributed by atoms with Gasteiger partial charge in [-0.15, -0.1) is 0 Å². The van der Waals surface area contributed by atoms with Crippen LogP contribution in [-0.2, 0) is 4.74 Å². The third-order valence-corrected chi connectivity index (χ3v) is 4.45. The van der Waals surface area contributed by atoms with E-state index in [0.29, 0.717) is 12.1 Å². The third kappa shape index (κ3) is 6.19. The molecule has 1 aromatic carbocycles. The van der Waals surface area contributed by atoms with Gasteiger partial charge in [0, 0.05) is 12.6 Å². The van der Waals surface area contributed by atoms with Gasteiger partial charge in [0.1, 0.15) is 0 Å². The number of hydrogen-bond acceptors (Lipinski definition) is 2. The fraction of sp³-hybridized carbons (Fsp3) is 0.684. The maximum atomic E-state index is 5.95. The predicted molar refractivity (Wildman–Crippen MR) is 89.5 cm³/mol. The highest BCUT2D eigenvalue weighted by molar-refractivity contribution is 5.18. The SMILES string of the molecule is CCCCCC(NCCOC1CCCC1)c1ccccc1. The maximum Gasteiger partial charge on any atom is 0.0594 e. The quantitative estimate of drug-likeness (QED) is 0.621. The summed E-state index contributed by atoms with van der Waals surface area (Å²) in [6, 6.07) is 11.3. The molecule has 0 spiro atoms. The Morgan fingerprint density at radius 3 is 2.62 bits per heavy atom. The Bertz CT molecular complexity index is 359. The minimum atomic E-state index is 0.477. The van der Waals surface area contributed by atoms with Crippen molar-refractivity contribution in [3.63, 3.8) is 0 Å². The second-order valence-corrected chi connectivity index (χ2v) is 6.19. The zero-order valence-electron chi connectivity index (χ0n) is 13.5. The molecule has 1 atom stereocenters. The predicted octanol–water partition coefficient (Wildman–Crippen LogP) is 4.86. The first-order valence-corrected chi connectivity index (χ1v) is 8.80. The van der Waals surface area contributed by atoms with Crippen molar-refractivity contribution < 1.29 is 4.74 Å². The first-order valence-electron chi connectivity index (χ1n) is 8.80. The van der Waals surface area contributed by atoms with Crippen LogP contribution in [0.4, 0.5) is 0 Å². The molecular weight excluding hydrogens is 258 g/mol. The van der Waals surface area contributed by atoms with Crippen LogP contribution < -0.4 is 5.32 Å². The second kappa shape index (κ2) is 9.97. The second-order valence-electron chi connectivity index (χ2n) is 6.19. The van der Waals surface area contributed by atoms with E-state index in [9.17, 15) is 0 Å². The summed E-state index contributed by atoms with van der Waals surface area (Å²) in [7, 11) is 0. The van der Waals surface area contributed by atoms with Crippen LogP contribution in [0.1, 0.15) is 69.9 Å². The van der Waals surface area contributed by atoms with Crippen LogP contribution in [0.3, 0.4) is 0 Å². The molecule has 0 bridgehead atoms. The van der Waals surface area contributed by atoms with Crippen molar-refractivity contribution in [2.75, 3.05) is 13.2 Å². The van der Waals surface area contributed by atoms with Gasteiger partial charge >= 0.3 is 0 Å². The number of hydrogen-bond donors (Lipinski definition) is 1. The molecule has 0 radical (unpaired) electrons. The van der Waals surface area contributed by atoms with Crippen molar-refractivity contribution in [1.29, 1.82) is 0 Å². The zero-order valence-corrected chi connectivity index (χ0v) is 13.5.